The van der Waals surface area contributed by atoms with Gasteiger partial charge in [-0.05, 0) is 61.2 Å². The van der Waals surface area contributed by atoms with Gasteiger partial charge in [0.15, 0.2) is 5.69 Å². The van der Waals surface area contributed by atoms with E-state index in [2.05, 4.69) is 15.3 Å². The Morgan fingerprint density at radius 2 is 1.89 bits per heavy atom. The van der Waals surface area contributed by atoms with Crippen molar-refractivity contribution in [1.82, 2.24) is 9.97 Å². The molecule has 182 valence electrons. The number of anilines is 2. The molecule has 35 heavy (non-hydrogen) atoms. The molecule has 4 N–H and O–H groups in total. The zero-order valence-corrected chi connectivity index (χ0v) is 19.3. The maximum Gasteiger partial charge on any atom is 0.279 e. The highest BCUT2D eigenvalue weighted by atomic mass is 35.5. The van der Waals surface area contributed by atoms with Crippen LogP contribution in [0, 0.1) is 11.7 Å². The molecular weight excluding hydrogens is 477 g/mol. The number of hydrogen-bond donors (Lipinski definition) is 3. The van der Waals surface area contributed by atoms with Crippen LogP contribution < -0.4 is 16.0 Å². The van der Waals surface area contributed by atoms with E-state index in [0.717, 1.165) is 25.0 Å². The highest BCUT2D eigenvalue weighted by molar-refractivity contribution is 6.34. The first-order valence-corrected chi connectivity index (χ1v) is 11.3. The number of H-pyrrole nitrogens is 1. The van der Waals surface area contributed by atoms with E-state index < -0.39 is 23.5 Å². The van der Waals surface area contributed by atoms with Gasteiger partial charge in [0.1, 0.15) is 11.5 Å². The van der Waals surface area contributed by atoms with Gasteiger partial charge in [-0.15, -0.1) is 0 Å². The van der Waals surface area contributed by atoms with Gasteiger partial charge in [0.05, 0.1) is 16.9 Å². The van der Waals surface area contributed by atoms with Crippen LogP contribution in [-0.4, -0.2) is 47.4 Å². The van der Waals surface area contributed by atoms with Gasteiger partial charge < -0.3 is 25.7 Å². The minimum atomic E-state index is -0.783. The number of nitrogens with zero attached hydrogens (tertiary/aromatic N) is 2. The summed E-state index contributed by atoms with van der Waals surface area (Å²) in [6.45, 7) is 1.61. The lowest BCUT2D eigenvalue weighted by Crippen LogP contribution is -2.38. The minimum absolute atomic E-state index is 0.00314. The largest absolute Gasteiger partial charge is 0.381 e. The summed E-state index contributed by atoms with van der Waals surface area (Å²) in [6.07, 6.45) is 2.83. The van der Waals surface area contributed by atoms with E-state index in [9.17, 15) is 18.8 Å². The molecule has 9 nitrogen and oxygen atoms in total. The number of carbonyl (C=O) groups is 3. The summed E-state index contributed by atoms with van der Waals surface area (Å²) in [7, 11) is 0. The molecule has 0 unspecified atom stereocenters. The molecule has 1 aliphatic rings. The number of aromatic amines is 1. The molecule has 3 aromatic rings. The van der Waals surface area contributed by atoms with Gasteiger partial charge in [-0.1, -0.05) is 11.6 Å². The third-order valence-electron chi connectivity index (χ3n) is 5.73. The molecule has 0 saturated carbocycles. The van der Waals surface area contributed by atoms with Gasteiger partial charge in [0, 0.05) is 31.1 Å². The van der Waals surface area contributed by atoms with Crippen LogP contribution in [0.4, 0.5) is 15.8 Å². The van der Waals surface area contributed by atoms with E-state index in [1.54, 1.807) is 29.2 Å². The minimum Gasteiger partial charge on any atom is -0.381 e. The Balaban J connectivity index is 1.57. The molecule has 0 spiro atoms. The normalized spacial score (nSPS) is 13.9. The number of amides is 3. The molecule has 1 aliphatic heterocycles. The monoisotopic (exact) mass is 499 g/mol. The second-order valence-electron chi connectivity index (χ2n) is 8.09. The van der Waals surface area contributed by atoms with Crippen LogP contribution >= 0.6 is 11.6 Å². The van der Waals surface area contributed by atoms with Crippen LogP contribution in [0.5, 0.6) is 0 Å². The number of rotatable bonds is 7. The van der Waals surface area contributed by atoms with E-state index in [4.69, 9.17) is 22.1 Å². The molecule has 0 bridgehead atoms. The Hall–Kier alpha value is -3.76. The summed E-state index contributed by atoms with van der Waals surface area (Å²) < 4.78 is 18.7. The van der Waals surface area contributed by atoms with Gasteiger partial charge >= 0.3 is 0 Å². The molecule has 0 radical (unpaired) electrons. The van der Waals surface area contributed by atoms with Crippen LogP contribution in [0.3, 0.4) is 0 Å². The zero-order chi connectivity index (χ0) is 24.9. The topological polar surface area (TPSA) is 130 Å². The standard InChI is InChI=1S/C24H23ClFN5O4/c25-19-11-15(26)1-6-18(19)23(33)30-16-2-4-17(5-3-16)31(12-14-7-9-35-10-8-14)24(34)21-20(22(27)32)28-13-29-21/h1-6,11,13-14H,7-10,12H2,(H2,27,32)(H,28,29)(H,30,33). The molecule has 0 atom stereocenters. The van der Waals surface area contributed by atoms with Crippen molar-refractivity contribution >= 4 is 40.7 Å². The lowest BCUT2D eigenvalue weighted by molar-refractivity contribution is 0.0668. The van der Waals surface area contributed by atoms with Crippen LogP contribution in [0.25, 0.3) is 0 Å². The average molecular weight is 500 g/mol. The van der Waals surface area contributed by atoms with Crippen molar-refractivity contribution in [3.05, 3.63) is 76.6 Å². The first-order chi connectivity index (χ1) is 16.8. The molecular formula is C24H23ClFN5O4. The number of aromatic nitrogens is 2. The maximum absolute atomic E-state index is 13.4. The summed E-state index contributed by atoms with van der Waals surface area (Å²) in [6, 6.07) is 10.1. The average Bonchev–Trinajstić information content (AvgIpc) is 3.34. The predicted octanol–water partition coefficient (Wildman–Crippen LogP) is 3.63. The number of hydrogen-bond acceptors (Lipinski definition) is 5. The number of carbonyl (C=O) groups excluding carboxylic acids is 3. The lowest BCUT2D eigenvalue weighted by Gasteiger charge is -2.30. The number of benzene rings is 2. The van der Waals surface area contributed by atoms with Gasteiger partial charge in [0.2, 0.25) is 0 Å². The second kappa shape index (κ2) is 10.7. The van der Waals surface area contributed by atoms with Crippen molar-refractivity contribution in [3.8, 4) is 0 Å². The van der Waals surface area contributed by atoms with Crippen molar-refractivity contribution in [2.24, 2.45) is 11.7 Å². The van der Waals surface area contributed by atoms with E-state index in [1.165, 1.54) is 12.4 Å². The second-order valence-corrected chi connectivity index (χ2v) is 8.49. The number of ether oxygens (including phenoxy) is 1. The first kappa shape index (κ1) is 24.4. The zero-order valence-electron chi connectivity index (χ0n) is 18.6. The van der Waals surface area contributed by atoms with Gasteiger partial charge in [0.25, 0.3) is 17.7 Å². The predicted molar refractivity (Wildman–Crippen MR) is 128 cm³/mol. The Morgan fingerprint density at radius 3 is 2.54 bits per heavy atom. The number of halogens is 2. The quantitative estimate of drug-likeness (QED) is 0.457. The number of nitrogens with two attached hydrogens (primary N) is 1. The summed E-state index contributed by atoms with van der Waals surface area (Å²) >= 11 is 5.97. The van der Waals surface area contributed by atoms with E-state index in [0.29, 0.717) is 31.1 Å². The summed E-state index contributed by atoms with van der Waals surface area (Å²) in [5, 5.41) is 2.70. The lowest BCUT2D eigenvalue weighted by atomic mass is 9.99. The van der Waals surface area contributed by atoms with Gasteiger partial charge in [-0.3, -0.25) is 14.4 Å². The van der Waals surface area contributed by atoms with Crippen molar-refractivity contribution < 1.29 is 23.5 Å². The SMILES string of the molecule is NC(=O)c1[nH]cnc1C(=O)N(CC1CCOCC1)c1ccc(NC(=O)c2ccc(F)cc2Cl)cc1. The molecule has 3 amide bonds. The molecule has 2 aromatic carbocycles. The molecule has 0 aliphatic carbocycles. The highest BCUT2D eigenvalue weighted by Crippen LogP contribution is 2.26. The Labute approximate surface area is 205 Å². The third-order valence-corrected chi connectivity index (χ3v) is 6.04. The van der Waals surface area contributed by atoms with E-state index in [-0.39, 0.29) is 27.9 Å². The molecule has 1 fully saturated rings. The number of primary amides is 1. The van der Waals surface area contributed by atoms with Crippen LogP contribution in [0.1, 0.15) is 44.2 Å². The van der Waals surface area contributed by atoms with Crippen molar-refractivity contribution in [2.45, 2.75) is 12.8 Å². The van der Waals surface area contributed by atoms with Crippen molar-refractivity contribution in [3.63, 3.8) is 0 Å². The fraction of sp³-hybridized carbons (Fsp3) is 0.250. The van der Waals surface area contributed by atoms with Crippen LogP contribution in [0.2, 0.25) is 5.02 Å². The summed E-state index contributed by atoms with van der Waals surface area (Å²) in [5.74, 6) is -2.10. The van der Waals surface area contributed by atoms with Crippen LogP contribution in [0.15, 0.2) is 48.8 Å². The van der Waals surface area contributed by atoms with Gasteiger partial charge in [-0.25, -0.2) is 9.37 Å². The molecule has 2 heterocycles. The molecule has 1 aromatic heterocycles. The first-order valence-electron chi connectivity index (χ1n) is 10.9. The maximum atomic E-state index is 13.4. The van der Waals surface area contributed by atoms with Crippen molar-refractivity contribution in [2.75, 3.05) is 30.0 Å². The third kappa shape index (κ3) is 5.67. The molecule has 1 saturated heterocycles. The highest BCUT2D eigenvalue weighted by Gasteiger charge is 2.28. The summed E-state index contributed by atoms with van der Waals surface area (Å²) in [5.41, 5.74) is 6.40. The van der Waals surface area contributed by atoms with E-state index >= 15 is 0 Å². The van der Waals surface area contributed by atoms with Gasteiger partial charge in [-0.2, -0.15) is 0 Å². The fourth-order valence-electron chi connectivity index (χ4n) is 3.86. The Morgan fingerprint density at radius 1 is 1.17 bits per heavy atom. The van der Waals surface area contributed by atoms with Crippen molar-refractivity contribution in [1.29, 1.82) is 0 Å². The fourth-order valence-corrected chi connectivity index (χ4v) is 4.11. The number of imidazole rings is 1. The number of nitrogens with one attached hydrogen (secondary N) is 2. The molecule has 11 heteroatoms. The Bertz CT molecular complexity index is 1240. The summed E-state index contributed by atoms with van der Waals surface area (Å²) in [4.78, 5) is 45.9. The Kier molecular flexibility index (Phi) is 7.42. The van der Waals surface area contributed by atoms with E-state index in [1.807, 2.05) is 0 Å². The molecule has 4 rings (SSSR count). The smallest absolute Gasteiger partial charge is 0.279 e. The van der Waals surface area contributed by atoms with Crippen LogP contribution in [-0.2, 0) is 4.74 Å².